The fourth-order valence-electron chi connectivity index (χ4n) is 1.89. The van der Waals surface area contributed by atoms with E-state index in [1.807, 2.05) is 12.1 Å². The molecule has 0 aliphatic heterocycles. The first-order valence-electron chi connectivity index (χ1n) is 7.25. The lowest BCUT2D eigenvalue weighted by molar-refractivity contribution is 0.549. The van der Waals surface area contributed by atoms with Crippen molar-refractivity contribution in [3.8, 4) is 0 Å². The molecule has 0 bridgehead atoms. The van der Waals surface area contributed by atoms with E-state index in [0.29, 0.717) is 6.04 Å². The van der Waals surface area contributed by atoms with Crippen molar-refractivity contribution in [2.75, 3.05) is 12.3 Å². The second-order valence-electron chi connectivity index (χ2n) is 5.04. The zero-order valence-corrected chi connectivity index (χ0v) is 13.9. The van der Waals surface area contributed by atoms with Crippen molar-refractivity contribution in [3.63, 3.8) is 0 Å². The van der Waals surface area contributed by atoms with Gasteiger partial charge in [-0.2, -0.15) is 11.8 Å². The Kier molecular flexibility index (Phi) is 8.60. The molecule has 1 rings (SSSR count). The Labute approximate surface area is 127 Å². The number of benzene rings is 1. The number of hydrogen-bond donors (Lipinski definition) is 1. The maximum atomic E-state index is 6.06. The smallest absolute Gasteiger partial charge is 0.0408 e. The van der Waals surface area contributed by atoms with Crippen molar-refractivity contribution in [2.24, 2.45) is 0 Å². The van der Waals surface area contributed by atoms with Gasteiger partial charge in [0.25, 0.3) is 0 Å². The van der Waals surface area contributed by atoms with Gasteiger partial charge in [0.05, 0.1) is 0 Å². The number of hydrogen-bond acceptors (Lipinski definition) is 2. The Morgan fingerprint density at radius 2 is 2.11 bits per heavy atom. The Balaban J connectivity index is 2.53. The van der Waals surface area contributed by atoms with Crippen LogP contribution in [0.5, 0.6) is 0 Å². The lowest BCUT2D eigenvalue weighted by atomic mass is 10.1. The monoisotopic (exact) mass is 299 g/mol. The van der Waals surface area contributed by atoms with Crippen molar-refractivity contribution in [2.45, 2.75) is 51.3 Å². The summed E-state index contributed by atoms with van der Waals surface area (Å²) in [7, 11) is 0. The molecule has 3 heteroatoms. The van der Waals surface area contributed by atoms with Crippen LogP contribution in [-0.2, 0) is 6.42 Å². The molecule has 1 aromatic rings. The zero-order chi connectivity index (χ0) is 14.1. The molecule has 19 heavy (non-hydrogen) atoms. The molecule has 0 amide bonds. The molecule has 1 nitrogen and oxygen atoms in total. The Morgan fingerprint density at radius 1 is 1.32 bits per heavy atom. The molecule has 0 aliphatic rings. The highest BCUT2D eigenvalue weighted by Gasteiger charge is 2.11. The van der Waals surface area contributed by atoms with Crippen molar-refractivity contribution in [1.82, 2.24) is 5.32 Å². The minimum absolute atomic E-state index is 0.539. The molecular formula is C16H26ClNS. The van der Waals surface area contributed by atoms with E-state index in [2.05, 4.69) is 50.0 Å². The number of halogens is 1. The summed E-state index contributed by atoms with van der Waals surface area (Å²) in [5, 5.41) is 5.23. The molecule has 2 unspecified atom stereocenters. The third-order valence-electron chi connectivity index (χ3n) is 3.21. The van der Waals surface area contributed by atoms with Gasteiger partial charge in [-0.25, -0.2) is 0 Å². The highest BCUT2D eigenvalue weighted by atomic mass is 35.5. The molecule has 0 aliphatic carbocycles. The van der Waals surface area contributed by atoms with E-state index in [1.165, 1.54) is 24.2 Å². The van der Waals surface area contributed by atoms with Crippen molar-refractivity contribution < 1.29 is 0 Å². The lowest BCUT2D eigenvalue weighted by Gasteiger charge is -2.20. The summed E-state index contributed by atoms with van der Waals surface area (Å²) in [6.07, 6.45) is 3.48. The summed E-state index contributed by atoms with van der Waals surface area (Å²) < 4.78 is 0. The van der Waals surface area contributed by atoms with Crippen LogP contribution in [0.3, 0.4) is 0 Å². The van der Waals surface area contributed by atoms with Gasteiger partial charge in [0.2, 0.25) is 0 Å². The highest BCUT2D eigenvalue weighted by Crippen LogP contribution is 2.18. The maximum Gasteiger partial charge on any atom is 0.0408 e. The fraction of sp³-hybridized carbons (Fsp3) is 0.625. The summed E-state index contributed by atoms with van der Waals surface area (Å²) >= 11 is 8.12. The first kappa shape index (κ1) is 16.9. The molecule has 108 valence electrons. The van der Waals surface area contributed by atoms with Gasteiger partial charge < -0.3 is 5.32 Å². The van der Waals surface area contributed by atoms with Crippen LogP contribution in [0.2, 0.25) is 5.02 Å². The molecule has 0 saturated heterocycles. The predicted octanol–water partition coefficient (Wildman–Crippen LogP) is 4.78. The number of rotatable bonds is 9. The molecule has 0 heterocycles. The minimum atomic E-state index is 0.539. The Hall–Kier alpha value is -0.180. The number of thioether (sulfide) groups is 1. The second kappa shape index (κ2) is 9.68. The quantitative estimate of drug-likeness (QED) is 0.704. The van der Waals surface area contributed by atoms with Gasteiger partial charge in [-0.1, -0.05) is 44.5 Å². The first-order valence-corrected chi connectivity index (χ1v) is 8.67. The van der Waals surface area contributed by atoms with Crippen LogP contribution in [0.1, 0.15) is 39.2 Å². The van der Waals surface area contributed by atoms with E-state index in [0.717, 1.165) is 23.2 Å². The second-order valence-corrected chi connectivity index (χ2v) is 6.95. The molecule has 0 saturated carbocycles. The van der Waals surface area contributed by atoms with Crippen LogP contribution in [0.25, 0.3) is 0 Å². The van der Waals surface area contributed by atoms with Crippen molar-refractivity contribution in [1.29, 1.82) is 0 Å². The average Bonchev–Trinajstić information content (AvgIpc) is 2.41. The Bertz CT molecular complexity index is 356. The molecule has 0 aromatic heterocycles. The maximum absolute atomic E-state index is 6.06. The van der Waals surface area contributed by atoms with E-state index in [1.54, 1.807) is 0 Å². The average molecular weight is 300 g/mol. The van der Waals surface area contributed by atoms with E-state index >= 15 is 0 Å². The summed E-state index contributed by atoms with van der Waals surface area (Å²) in [6.45, 7) is 7.86. The van der Waals surface area contributed by atoms with Crippen LogP contribution in [0.4, 0.5) is 0 Å². The lowest BCUT2D eigenvalue weighted by Crippen LogP contribution is -2.34. The topological polar surface area (TPSA) is 12.0 Å². The predicted molar refractivity (Wildman–Crippen MR) is 89.4 cm³/mol. The molecule has 2 atom stereocenters. The molecule has 0 fully saturated rings. The summed E-state index contributed by atoms with van der Waals surface area (Å²) in [5.74, 6) is 1.17. The standard InChI is InChI=1S/C16H26ClNS/c1-4-9-18-16(12-19-13(3)5-2)11-14-7-6-8-15(17)10-14/h6-8,10,13,16,18H,4-5,9,11-12H2,1-3H3. The third kappa shape index (κ3) is 7.24. The van der Waals surface area contributed by atoms with Gasteiger partial charge in [-0.05, 0) is 43.5 Å². The van der Waals surface area contributed by atoms with E-state index in [9.17, 15) is 0 Å². The van der Waals surface area contributed by atoms with Crippen LogP contribution in [-0.4, -0.2) is 23.6 Å². The minimum Gasteiger partial charge on any atom is -0.313 e. The van der Waals surface area contributed by atoms with Crippen LogP contribution in [0.15, 0.2) is 24.3 Å². The van der Waals surface area contributed by atoms with Crippen LogP contribution < -0.4 is 5.32 Å². The van der Waals surface area contributed by atoms with Gasteiger partial charge >= 0.3 is 0 Å². The summed E-state index contributed by atoms with van der Waals surface area (Å²) in [4.78, 5) is 0. The van der Waals surface area contributed by atoms with Gasteiger partial charge in [0.1, 0.15) is 0 Å². The van der Waals surface area contributed by atoms with Crippen molar-refractivity contribution in [3.05, 3.63) is 34.9 Å². The van der Waals surface area contributed by atoms with Gasteiger partial charge in [0, 0.05) is 22.1 Å². The van der Waals surface area contributed by atoms with Gasteiger partial charge in [-0.15, -0.1) is 0 Å². The van der Waals surface area contributed by atoms with E-state index in [4.69, 9.17) is 11.6 Å². The van der Waals surface area contributed by atoms with Gasteiger partial charge in [0.15, 0.2) is 0 Å². The summed E-state index contributed by atoms with van der Waals surface area (Å²) in [6, 6.07) is 8.76. The summed E-state index contributed by atoms with van der Waals surface area (Å²) in [5.41, 5.74) is 1.32. The van der Waals surface area contributed by atoms with Crippen LogP contribution >= 0.6 is 23.4 Å². The zero-order valence-electron chi connectivity index (χ0n) is 12.3. The van der Waals surface area contributed by atoms with Gasteiger partial charge in [-0.3, -0.25) is 0 Å². The molecular weight excluding hydrogens is 274 g/mol. The molecule has 0 radical (unpaired) electrons. The normalized spacial score (nSPS) is 14.3. The third-order valence-corrected chi connectivity index (χ3v) is 4.94. The van der Waals surface area contributed by atoms with Crippen LogP contribution in [0, 0.1) is 0 Å². The largest absolute Gasteiger partial charge is 0.313 e. The Morgan fingerprint density at radius 3 is 2.74 bits per heavy atom. The molecule has 1 N–H and O–H groups in total. The highest BCUT2D eigenvalue weighted by molar-refractivity contribution is 7.99. The fourth-order valence-corrected chi connectivity index (χ4v) is 3.13. The first-order chi connectivity index (χ1) is 9.15. The van der Waals surface area contributed by atoms with E-state index in [-0.39, 0.29) is 0 Å². The van der Waals surface area contributed by atoms with E-state index < -0.39 is 0 Å². The van der Waals surface area contributed by atoms with Crippen molar-refractivity contribution >= 4 is 23.4 Å². The molecule has 0 spiro atoms. The molecule has 1 aromatic carbocycles. The SMILES string of the molecule is CCCNC(CSC(C)CC)Cc1cccc(Cl)c1. The number of nitrogens with one attached hydrogen (secondary N) is 1.